The number of aliphatic hydroxyl groups is 1. The van der Waals surface area contributed by atoms with E-state index < -0.39 is 0 Å². The van der Waals surface area contributed by atoms with Gasteiger partial charge in [0.1, 0.15) is 0 Å². The van der Waals surface area contributed by atoms with Crippen molar-refractivity contribution in [1.82, 2.24) is 5.32 Å². The highest BCUT2D eigenvalue weighted by atomic mass is 32.2. The minimum Gasteiger partial charge on any atom is -0.396 e. The monoisotopic (exact) mass is 271 g/mol. The molecule has 3 nitrogen and oxygen atoms in total. The lowest BCUT2D eigenvalue weighted by Crippen LogP contribution is -2.29. The number of carbonyl (C=O) groups is 1. The second-order valence-corrected chi connectivity index (χ2v) is 6.90. The van der Waals surface area contributed by atoms with Gasteiger partial charge in [-0.05, 0) is 49.2 Å². The third-order valence-corrected chi connectivity index (χ3v) is 5.42. The van der Waals surface area contributed by atoms with Gasteiger partial charge in [0.05, 0.1) is 0 Å². The summed E-state index contributed by atoms with van der Waals surface area (Å²) in [7, 11) is 0. The Hall–Kier alpha value is -0.220. The van der Waals surface area contributed by atoms with Gasteiger partial charge in [0.15, 0.2) is 0 Å². The second-order valence-electron chi connectivity index (χ2n) is 5.68. The Labute approximate surface area is 114 Å². The van der Waals surface area contributed by atoms with Crippen molar-refractivity contribution in [2.24, 2.45) is 17.8 Å². The van der Waals surface area contributed by atoms with Crippen LogP contribution in [-0.4, -0.2) is 35.7 Å². The van der Waals surface area contributed by atoms with E-state index in [9.17, 15) is 4.79 Å². The van der Waals surface area contributed by atoms with Crippen LogP contribution in [0.2, 0.25) is 0 Å². The van der Waals surface area contributed by atoms with Crippen molar-refractivity contribution in [3.63, 3.8) is 0 Å². The van der Waals surface area contributed by atoms with Crippen molar-refractivity contribution >= 4 is 17.7 Å². The van der Waals surface area contributed by atoms with E-state index in [0.29, 0.717) is 5.92 Å². The number of fused-ring (bicyclic) bond motifs is 2. The maximum atomic E-state index is 11.8. The Kier molecular flexibility index (Phi) is 5.83. The highest BCUT2D eigenvalue weighted by Crippen LogP contribution is 2.49. The number of rotatable bonds is 8. The normalized spacial score (nSPS) is 29.7. The number of thioether (sulfide) groups is 1. The van der Waals surface area contributed by atoms with E-state index >= 15 is 0 Å². The van der Waals surface area contributed by atoms with E-state index in [1.165, 1.54) is 25.7 Å². The summed E-state index contributed by atoms with van der Waals surface area (Å²) in [6, 6.07) is 0. The third kappa shape index (κ3) is 4.16. The minimum atomic E-state index is 0.246. The van der Waals surface area contributed by atoms with Gasteiger partial charge < -0.3 is 10.4 Å². The van der Waals surface area contributed by atoms with Gasteiger partial charge >= 0.3 is 0 Å². The first-order valence-electron chi connectivity index (χ1n) is 7.25. The molecular weight excluding hydrogens is 246 g/mol. The molecule has 2 aliphatic rings. The van der Waals surface area contributed by atoms with E-state index in [1.807, 2.05) is 0 Å². The molecular formula is C14H25NO2S. The van der Waals surface area contributed by atoms with Crippen LogP contribution in [0.1, 0.15) is 38.5 Å². The number of nitrogens with one attached hydrogen (secondary N) is 1. The summed E-state index contributed by atoms with van der Waals surface area (Å²) < 4.78 is 0. The van der Waals surface area contributed by atoms with Gasteiger partial charge in [0.2, 0.25) is 5.91 Å². The van der Waals surface area contributed by atoms with Gasteiger partial charge in [-0.1, -0.05) is 6.42 Å². The molecule has 2 rings (SSSR count). The second kappa shape index (κ2) is 7.39. The summed E-state index contributed by atoms with van der Waals surface area (Å²) in [5.74, 6) is 4.64. The fourth-order valence-corrected chi connectivity index (χ4v) is 4.25. The molecule has 0 aliphatic heterocycles. The van der Waals surface area contributed by atoms with Crippen LogP contribution in [0.25, 0.3) is 0 Å². The van der Waals surface area contributed by atoms with E-state index in [4.69, 9.17) is 5.11 Å². The van der Waals surface area contributed by atoms with Crippen LogP contribution in [0.15, 0.2) is 0 Å². The molecule has 4 heteroatoms. The predicted molar refractivity (Wildman–Crippen MR) is 75.6 cm³/mol. The molecule has 0 heterocycles. The summed E-state index contributed by atoms with van der Waals surface area (Å²) >= 11 is 1.80. The molecule has 3 unspecified atom stereocenters. The molecule has 104 valence electrons. The molecule has 1 amide bonds. The summed E-state index contributed by atoms with van der Waals surface area (Å²) in [6.45, 7) is 1.04. The lowest BCUT2D eigenvalue weighted by Gasteiger charge is -2.20. The highest BCUT2D eigenvalue weighted by Gasteiger charge is 2.39. The van der Waals surface area contributed by atoms with Gasteiger partial charge in [-0.15, -0.1) is 0 Å². The summed E-state index contributed by atoms with van der Waals surface area (Å²) in [6.07, 6.45) is 7.05. The van der Waals surface area contributed by atoms with E-state index in [-0.39, 0.29) is 12.5 Å². The quantitative estimate of drug-likeness (QED) is 0.664. The smallest absolute Gasteiger partial charge is 0.220 e. The van der Waals surface area contributed by atoms with E-state index in [0.717, 1.165) is 42.7 Å². The minimum absolute atomic E-state index is 0.246. The largest absolute Gasteiger partial charge is 0.396 e. The summed E-state index contributed by atoms with van der Waals surface area (Å²) in [5.41, 5.74) is 0. The molecule has 0 radical (unpaired) electrons. The number of carbonyl (C=O) groups excluding carboxylic acids is 1. The molecule has 2 aliphatic carbocycles. The molecule has 0 aromatic heterocycles. The zero-order valence-corrected chi connectivity index (χ0v) is 11.9. The SMILES string of the molecule is O=C(CC1CC2CCC1C2)NCCSCCCO. The van der Waals surface area contributed by atoms with Gasteiger partial charge in [-0.3, -0.25) is 4.79 Å². The van der Waals surface area contributed by atoms with Crippen LogP contribution < -0.4 is 5.32 Å². The first-order valence-corrected chi connectivity index (χ1v) is 8.40. The van der Waals surface area contributed by atoms with Crippen molar-refractivity contribution in [2.75, 3.05) is 24.7 Å². The molecule has 3 atom stereocenters. The number of hydrogen-bond donors (Lipinski definition) is 2. The molecule has 2 N–H and O–H groups in total. The number of hydrogen-bond acceptors (Lipinski definition) is 3. The Morgan fingerprint density at radius 2 is 2.17 bits per heavy atom. The Morgan fingerprint density at radius 3 is 2.83 bits per heavy atom. The van der Waals surface area contributed by atoms with E-state index in [1.54, 1.807) is 11.8 Å². The molecule has 0 saturated heterocycles. The average Bonchev–Trinajstić information content (AvgIpc) is 2.95. The molecule has 18 heavy (non-hydrogen) atoms. The summed E-state index contributed by atoms with van der Waals surface area (Å²) in [4.78, 5) is 11.8. The topological polar surface area (TPSA) is 49.3 Å². The molecule has 0 spiro atoms. The Morgan fingerprint density at radius 1 is 1.28 bits per heavy atom. The maximum absolute atomic E-state index is 11.8. The van der Waals surface area contributed by atoms with Crippen LogP contribution in [0.4, 0.5) is 0 Å². The molecule has 0 aromatic carbocycles. The molecule has 2 bridgehead atoms. The van der Waals surface area contributed by atoms with Crippen LogP contribution in [0.3, 0.4) is 0 Å². The van der Waals surface area contributed by atoms with Gasteiger partial charge in [0, 0.05) is 25.3 Å². The van der Waals surface area contributed by atoms with Gasteiger partial charge in [0.25, 0.3) is 0 Å². The summed E-state index contributed by atoms with van der Waals surface area (Å²) in [5, 5.41) is 11.7. The number of aliphatic hydroxyl groups excluding tert-OH is 1. The zero-order valence-electron chi connectivity index (χ0n) is 11.1. The first-order chi connectivity index (χ1) is 8.79. The van der Waals surface area contributed by atoms with Crippen molar-refractivity contribution in [3.05, 3.63) is 0 Å². The predicted octanol–water partition coefficient (Wildman–Crippen LogP) is 2.04. The fourth-order valence-electron chi connectivity index (χ4n) is 3.47. The van der Waals surface area contributed by atoms with Crippen LogP contribution in [-0.2, 0) is 4.79 Å². The first kappa shape index (κ1) is 14.2. The third-order valence-electron chi connectivity index (χ3n) is 4.35. The highest BCUT2D eigenvalue weighted by molar-refractivity contribution is 7.99. The van der Waals surface area contributed by atoms with Crippen molar-refractivity contribution in [3.8, 4) is 0 Å². The van der Waals surface area contributed by atoms with E-state index in [2.05, 4.69) is 5.32 Å². The standard InChI is InChI=1S/C14H25NO2S/c16-5-1-6-18-7-4-15-14(17)10-13-9-11-2-3-12(13)8-11/h11-13,16H,1-10H2,(H,15,17). The average molecular weight is 271 g/mol. The maximum Gasteiger partial charge on any atom is 0.220 e. The lowest BCUT2D eigenvalue weighted by molar-refractivity contribution is -0.122. The fraction of sp³-hybridized carbons (Fsp3) is 0.929. The van der Waals surface area contributed by atoms with Gasteiger partial charge in [-0.25, -0.2) is 0 Å². The Balaban J connectivity index is 1.50. The molecule has 0 aromatic rings. The number of amides is 1. The van der Waals surface area contributed by atoms with Crippen LogP contribution in [0.5, 0.6) is 0 Å². The molecule has 2 saturated carbocycles. The van der Waals surface area contributed by atoms with Crippen LogP contribution >= 0.6 is 11.8 Å². The van der Waals surface area contributed by atoms with Crippen molar-refractivity contribution in [2.45, 2.75) is 38.5 Å². The van der Waals surface area contributed by atoms with Crippen molar-refractivity contribution < 1.29 is 9.90 Å². The lowest BCUT2D eigenvalue weighted by atomic mass is 9.86. The Bertz CT molecular complexity index is 273. The van der Waals surface area contributed by atoms with Gasteiger partial charge in [-0.2, -0.15) is 11.8 Å². The van der Waals surface area contributed by atoms with Crippen molar-refractivity contribution in [1.29, 1.82) is 0 Å². The van der Waals surface area contributed by atoms with Crippen LogP contribution in [0, 0.1) is 17.8 Å². The molecule has 2 fully saturated rings. The zero-order chi connectivity index (χ0) is 12.8.